The molecule has 0 aromatic heterocycles. The van der Waals surface area contributed by atoms with E-state index in [0.29, 0.717) is 11.1 Å². The molecular weight excluding hydrogens is 211 g/mol. The highest BCUT2D eigenvalue weighted by Gasteiger charge is 2.18. The summed E-state index contributed by atoms with van der Waals surface area (Å²) in [4.78, 5) is 22.2. The minimum atomic E-state index is -1.01. The smallest absolute Gasteiger partial charge is 0.304 e. The van der Waals surface area contributed by atoms with Crippen molar-refractivity contribution in [2.24, 2.45) is 5.92 Å². The number of benzene rings is 1. The van der Waals surface area contributed by atoms with Gasteiger partial charge >= 0.3 is 5.97 Å². The van der Waals surface area contributed by atoms with Crippen molar-refractivity contribution in [3.05, 3.63) is 35.1 Å². The SMILES string of the molecule is Cc1cc(C(=O)C(C)CC(=O)O)ccc1F. The molecule has 0 saturated carbocycles. The van der Waals surface area contributed by atoms with Crippen LogP contribution in [0, 0.1) is 18.7 Å². The zero-order valence-electron chi connectivity index (χ0n) is 9.16. The van der Waals surface area contributed by atoms with E-state index in [0.717, 1.165) is 0 Å². The zero-order valence-corrected chi connectivity index (χ0v) is 9.16. The fourth-order valence-electron chi connectivity index (χ4n) is 1.44. The van der Waals surface area contributed by atoms with Gasteiger partial charge in [-0.1, -0.05) is 6.92 Å². The number of Topliss-reactive ketones (excluding diaryl/α,β-unsaturated/α-hetero) is 1. The van der Waals surface area contributed by atoms with Gasteiger partial charge in [-0.25, -0.2) is 4.39 Å². The van der Waals surface area contributed by atoms with Crippen LogP contribution in [0.2, 0.25) is 0 Å². The van der Waals surface area contributed by atoms with E-state index in [9.17, 15) is 14.0 Å². The minimum absolute atomic E-state index is 0.213. The molecule has 1 aromatic carbocycles. The molecule has 1 N–H and O–H groups in total. The molecule has 1 atom stereocenters. The Bertz CT molecular complexity index is 426. The molecule has 0 amide bonds. The fraction of sp³-hybridized carbons (Fsp3) is 0.333. The first-order chi connectivity index (χ1) is 7.41. The van der Waals surface area contributed by atoms with E-state index in [-0.39, 0.29) is 18.0 Å². The van der Waals surface area contributed by atoms with Crippen molar-refractivity contribution in [2.45, 2.75) is 20.3 Å². The number of carboxylic acid groups (broad SMARTS) is 1. The van der Waals surface area contributed by atoms with Gasteiger partial charge in [-0.05, 0) is 30.7 Å². The second kappa shape index (κ2) is 4.88. The summed E-state index contributed by atoms with van der Waals surface area (Å²) in [5.74, 6) is -2.25. The Morgan fingerprint density at radius 2 is 2.06 bits per heavy atom. The largest absolute Gasteiger partial charge is 0.481 e. The highest BCUT2D eigenvalue weighted by atomic mass is 19.1. The van der Waals surface area contributed by atoms with Gasteiger partial charge in [-0.2, -0.15) is 0 Å². The fourth-order valence-corrected chi connectivity index (χ4v) is 1.44. The molecule has 0 spiro atoms. The van der Waals surface area contributed by atoms with Crippen LogP contribution in [0.4, 0.5) is 4.39 Å². The predicted octanol–water partition coefficient (Wildman–Crippen LogP) is 2.43. The van der Waals surface area contributed by atoms with E-state index < -0.39 is 11.9 Å². The van der Waals surface area contributed by atoms with Gasteiger partial charge in [0.05, 0.1) is 6.42 Å². The van der Waals surface area contributed by atoms with Crippen LogP contribution in [0.5, 0.6) is 0 Å². The third-order valence-electron chi connectivity index (χ3n) is 2.37. The summed E-state index contributed by atoms with van der Waals surface area (Å²) in [5, 5.41) is 8.57. The molecule has 0 aliphatic carbocycles. The summed E-state index contributed by atoms with van der Waals surface area (Å²) in [6.07, 6.45) is -0.213. The van der Waals surface area contributed by atoms with E-state index >= 15 is 0 Å². The van der Waals surface area contributed by atoms with Crippen LogP contribution < -0.4 is 0 Å². The third kappa shape index (κ3) is 2.89. The molecule has 1 unspecified atom stereocenters. The molecule has 1 aromatic rings. The standard InChI is InChI=1S/C12H13FO3/c1-7-5-9(3-4-10(7)13)12(16)8(2)6-11(14)15/h3-5,8H,6H2,1-2H3,(H,14,15). The molecule has 3 nitrogen and oxygen atoms in total. The van der Waals surface area contributed by atoms with E-state index in [2.05, 4.69) is 0 Å². The number of carboxylic acids is 1. The van der Waals surface area contributed by atoms with E-state index in [4.69, 9.17) is 5.11 Å². The lowest BCUT2D eigenvalue weighted by molar-refractivity contribution is -0.137. The molecule has 0 radical (unpaired) electrons. The Labute approximate surface area is 92.9 Å². The minimum Gasteiger partial charge on any atom is -0.481 e. The summed E-state index contributed by atoms with van der Waals surface area (Å²) in [5.41, 5.74) is 0.737. The summed E-state index contributed by atoms with van der Waals surface area (Å²) in [7, 11) is 0. The second-order valence-corrected chi connectivity index (χ2v) is 3.83. The third-order valence-corrected chi connectivity index (χ3v) is 2.37. The molecule has 0 fully saturated rings. The molecule has 0 aliphatic heterocycles. The van der Waals surface area contributed by atoms with Gasteiger partial charge in [0.15, 0.2) is 5.78 Å². The average molecular weight is 224 g/mol. The summed E-state index contributed by atoms with van der Waals surface area (Å²) < 4.78 is 13.0. The summed E-state index contributed by atoms with van der Waals surface area (Å²) in [6.45, 7) is 3.11. The van der Waals surface area contributed by atoms with E-state index in [1.807, 2.05) is 0 Å². The number of aryl methyl sites for hydroxylation is 1. The van der Waals surface area contributed by atoms with Gasteiger partial charge in [-0.3, -0.25) is 9.59 Å². The molecule has 4 heteroatoms. The van der Waals surface area contributed by atoms with Crippen LogP contribution in [0.15, 0.2) is 18.2 Å². The quantitative estimate of drug-likeness (QED) is 0.799. The molecule has 0 saturated heterocycles. The predicted molar refractivity (Wildman–Crippen MR) is 56.9 cm³/mol. The van der Waals surface area contributed by atoms with Crippen molar-refractivity contribution in [1.29, 1.82) is 0 Å². The van der Waals surface area contributed by atoms with Crippen LogP contribution >= 0.6 is 0 Å². The van der Waals surface area contributed by atoms with Crippen molar-refractivity contribution in [3.63, 3.8) is 0 Å². The number of carbonyl (C=O) groups excluding carboxylic acids is 1. The Morgan fingerprint density at radius 3 is 2.56 bits per heavy atom. The lowest BCUT2D eigenvalue weighted by Crippen LogP contribution is -2.15. The zero-order chi connectivity index (χ0) is 12.3. The topological polar surface area (TPSA) is 54.4 Å². The highest BCUT2D eigenvalue weighted by molar-refractivity contribution is 5.99. The Kier molecular flexibility index (Phi) is 3.77. The van der Waals surface area contributed by atoms with Crippen LogP contribution in [0.3, 0.4) is 0 Å². The van der Waals surface area contributed by atoms with Gasteiger partial charge < -0.3 is 5.11 Å². The number of hydrogen-bond donors (Lipinski definition) is 1. The van der Waals surface area contributed by atoms with Crippen LogP contribution in [-0.2, 0) is 4.79 Å². The highest BCUT2D eigenvalue weighted by Crippen LogP contribution is 2.15. The Hall–Kier alpha value is -1.71. The van der Waals surface area contributed by atoms with E-state index in [1.54, 1.807) is 13.8 Å². The van der Waals surface area contributed by atoms with Gasteiger partial charge in [0.1, 0.15) is 5.82 Å². The van der Waals surface area contributed by atoms with E-state index in [1.165, 1.54) is 18.2 Å². The Morgan fingerprint density at radius 1 is 1.44 bits per heavy atom. The summed E-state index contributed by atoms with van der Waals surface area (Å²) >= 11 is 0. The molecule has 0 bridgehead atoms. The lowest BCUT2D eigenvalue weighted by atomic mass is 9.95. The number of rotatable bonds is 4. The maximum absolute atomic E-state index is 13.0. The maximum atomic E-state index is 13.0. The van der Waals surface area contributed by atoms with Gasteiger partial charge in [-0.15, -0.1) is 0 Å². The van der Waals surface area contributed by atoms with Crippen molar-refractivity contribution in [2.75, 3.05) is 0 Å². The Balaban J connectivity index is 2.88. The molecular formula is C12H13FO3. The number of ketones is 1. The van der Waals surface area contributed by atoms with Crippen molar-refractivity contribution in [3.8, 4) is 0 Å². The molecule has 1 rings (SSSR count). The number of halogens is 1. The number of carbonyl (C=O) groups is 2. The normalized spacial score (nSPS) is 12.2. The van der Waals surface area contributed by atoms with Crippen molar-refractivity contribution < 1.29 is 19.1 Å². The average Bonchev–Trinajstić information content (AvgIpc) is 2.20. The van der Waals surface area contributed by atoms with Crippen molar-refractivity contribution in [1.82, 2.24) is 0 Å². The van der Waals surface area contributed by atoms with Crippen LogP contribution in [-0.4, -0.2) is 16.9 Å². The molecule has 86 valence electrons. The maximum Gasteiger partial charge on any atom is 0.304 e. The molecule has 0 heterocycles. The first-order valence-corrected chi connectivity index (χ1v) is 4.94. The van der Waals surface area contributed by atoms with Crippen LogP contribution in [0.25, 0.3) is 0 Å². The second-order valence-electron chi connectivity index (χ2n) is 3.83. The first-order valence-electron chi connectivity index (χ1n) is 4.94. The first kappa shape index (κ1) is 12.4. The van der Waals surface area contributed by atoms with Gasteiger partial charge in [0, 0.05) is 11.5 Å². The van der Waals surface area contributed by atoms with Gasteiger partial charge in [0.2, 0.25) is 0 Å². The lowest BCUT2D eigenvalue weighted by Gasteiger charge is -2.08. The molecule has 0 aliphatic rings. The summed E-state index contributed by atoms with van der Waals surface area (Å²) in [6, 6.07) is 4.04. The monoisotopic (exact) mass is 224 g/mol. The van der Waals surface area contributed by atoms with Crippen molar-refractivity contribution >= 4 is 11.8 Å². The number of aliphatic carboxylic acids is 1. The van der Waals surface area contributed by atoms with Crippen LogP contribution in [0.1, 0.15) is 29.3 Å². The van der Waals surface area contributed by atoms with Gasteiger partial charge in [0.25, 0.3) is 0 Å². The number of hydrogen-bond acceptors (Lipinski definition) is 2. The molecule has 16 heavy (non-hydrogen) atoms.